The molecule has 3 nitrogen and oxygen atoms in total. The highest BCUT2D eigenvalue weighted by Gasteiger charge is 2.07. The van der Waals surface area contributed by atoms with Crippen LogP contribution >= 0.6 is 0 Å². The van der Waals surface area contributed by atoms with Crippen molar-refractivity contribution < 1.29 is 9.15 Å². The van der Waals surface area contributed by atoms with Gasteiger partial charge in [0.1, 0.15) is 17.9 Å². The summed E-state index contributed by atoms with van der Waals surface area (Å²) in [5, 5.41) is 0.906. The van der Waals surface area contributed by atoms with Gasteiger partial charge in [-0.1, -0.05) is 12.7 Å². The molecule has 0 radical (unpaired) electrons. The lowest BCUT2D eigenvalue weighted by Gasteiger charge is -2.08. The van der Waals surface area contributed by atoms with Crippen LogP contribution in [0.25, 0.3) is 11.0 Å². The third kappa shape index (κ3) is 2.23. The van der Waals surface area contributed by atoms with E-state index in [4.69, 9.17) is 9.15 Å². The second-order valence-corrected chi connectivity index (χ2v) is 3.96. The van der Waals surface area contributed by atoms with Crippen LogP contribution in [-0.2, 0) is 0 Å². The fourth-order valence-corrected chi connectivity index (χ4v) is 1.79. The van der Waals surface area contributed by atoms with Gasteiger partial charge in [0.25, 0.3) is 0 Å². The van der Waals surface area contributed by atoms with Gasteiger partial charge in [-0.25, -0.2) is 4.79 Å². The third-order valence-corrected chi connectivity index (χ3v) is 2.58. The zero-order chi connectivity index (χ0) is 12.4. The smallest absolute Gasteiger partial charge is 0.336 e. The van der Waals surface area contributed by atoms with Crippen LogP contribution < -0.4 is 10.4 Å². The van der Waals surface area contributed by atoms with Crippen LogP contribution in [0.3, 0.4) is 0 Å². The standard InChI is InChI=1S/C14H14O3/c1-4-5-16-11-6-10(3)14-12(8-11)9(2)7-13(15)17-14/h4,6-8H,1,5H2,2-3H3. The lowest BCUT2D eigenvalue weighted by Crippen LogP contribution is -2.00. The molecule has 0 saturated heterocycles. The largest absolute Gasteiger partial charge is 0.490 e. The van der Waals surface area contributed by atoms with Gasteiger partial charge in [-0.2, -0.15) is 0 Å². The molecule has 88 valence electrons. The van der Waals surface area contributed by atoms with E-state index in [-0.39, 0.29) is 5.63 Å². The van der Waals surface area contributed by atoms with Gasteiger partial charge in [0.05, 0.1) is 0 Å². The van der Waals surface area contributed by atoms with Crippen molar-refractivity contribution in [3.05, 3.63) is 52.4 Å². The molecular weight excluding hydrogens is 216 g/mol. The van der Waals surface area contributed by atoms with Crippen molar-refractivity contribution in [2.45, 2.75) is 13.8 Å². The number of ether oxygens (including phenoxy) is 1. The van der Waals surface area contributed by atoms with Crippen molar-refractivity contribution in [1.82, 2.24) is 0 Å². The van der Waals surface area contributed by atoms with E-state index in [0.29, 0.717) is 12.2 Å². The Kier molecular flexibility index (Phi) is 3.00. The Hall–Kier alpha value is -2.03. The summed E-state index contributed by atoms with van der Waals surface area (Å²) in [6, 6.07) is 5.22. The topological polar surface area (TPSA) is 39.4 Å². The summed E-state index contributed by atoms with van der Waals surface area (Å²) in [5.41, 5.74) is 2.09. The van der Waals surface area contributed by atoms with Crippen molar-refractivity contribution in [2.24, 2.45) is 0 Å². The molecule has 0 bridgehead atoms. The molecule has 0 atom stereocenters. The van der Waals surface area contributed by atoms with E-state index in [2.05, 4.69) is 6.58 Å². The average molecular weight is 230 g/mol. The van der Waals surface area contributed by atoms with Gasteiger partial charge in [-0.05, 0) is 37.1 Å². The molecule has 0 spiro atoms. The summed E-state index contributed by atoms with van der Waals surface area (Å²) in [4.78, 5) is 11.3. The molecule has 2 aromatic rings. The molecular formula is C14H14O3. The molecule has 0 amide bonds. The number of benzene rings is 1. The first kappa shape index (κ1) is 11.5. The number of hydrogen-bond acceptors (Lipinski definition) is 3. The van der Waals surface area contributed by atoms with Gasteiger partial charge < -0.3 is 9.15 Å². The van der Waals surface area contributed by atoms with E-state index in [9.17, 15) is 4.79 Å². The number of rotatable bonds is 3. The Morgan fingerprint density at radius 2 is 2.06 bits per heavy atom. The molecule has 0 aliphatic carbocycles. The summed E-state index contributed by atoms with van der Waals surface area (Å²) < 4.78 is 10.7. The van der Waals surface area contributed by atoms with E-state index in [1.54, 1.807) is 6.08 Å². The van der Waals surface area contributed by atoms with Crippen LogP contribution in [0.4, 0.5) is 0 Å². The summed E-state index contributed by atoms with van der Waals surface area (Å²) in [5.74, 6) is 0.756. The van der Waals surface area contributed by atoms with Gasteiger partial charge in [-0.3, -0.25) is 0 Å². The highest BCUT2D eigenvalue weighted by Crippen LogP contribution is 2.26. The Balaban J connectivity index is 2.64. The second-order valence-electron chi connectivity index (χ2n) is 3.96. The molecule has 2 rings (SSSR count). The Morgan fingerprint density at radius 1 is 1.29 bits per heavy atom. The van der Waals surface area contributed by atoms with Crippen LogP contribution in [0.15, 0.2) is 40.1 Å². The van der Waals surface area contributed by atoms with Crippen LogP contribution in [-0.4, -0.2) is 6.61 Å². The number of fused-ring (bicyclic) bond motifs is 1. The summed E-state index contributed by atoms with van der Waals surface area (Å²) in [6.07, 6.45) is 1.69. The maximum Gasteiger partial charge on any atom is 0.336 e. The van der Waals surface area contributed by atoms with Crippen molar-refractivity contribution in [3.63, 3.8) is 0 Å². The SMILES string of the molecule is C=CCOc1cc(C)c2oc(=O)cc(C)c2c1. The van der Waals surface area contributed by atoms with Gasteiger partial charge >= 0.3 is 5.63 Å². The molecule has 1 heterocycles. The first-order valence-electron chi connectivity index (χ1n) is 5.40. The summed E-state index contributed by atoms with van der Waals surface area (Å²) in [7, 11) is 0. The molecule has 1 aromatic heterocycles. The van der Waals surface area contributed by atoms with E-state index in [1.165, 1.54) is 6.07 Å². The van der Waals surface area contributed by atoms with E-state index < -0.39 is 0 Å². The summed E-state index contributed by atoms with van der Waals surface area (Å²) in [6.45, 7) is 7.84. The molecule has 0 aliphatic rings. The van der Waals surface area contributed by atoms with Crippen molar-refractivity contribution in [2.75, 3.05) is 6.61 Å². The number of aryl methyl sites for hydroxylation is 2. The maximum atomic E-state index is 11.3. The minimum absolute atomic E-state index is 0.321. The Morgan fingerprint density at radius 3 is 2.76 bits per heavy atom. The fourth-order valence-electron chi connectivity index (χ4n) is 1.79. The van der Waals surface area contributed by atoms with Crippen LogP contribution in [0.1, 0.15) is 11.1 Å². The molecule has 0 saturated carbocycles. The fraction of sp³-hybridized carbons (Fsp3) is 0.214. The minimum Gasteiger partial charge on any atom is -0.490 e. The monoisotopic (exact) mass is 230 g/mol. The van der Waals surface area contributed by atoms with E-state index in [0.717, 1.165) is 22.3 Å². The van der Waals surface area contributed by atoms with Gasteiger partial charge in [0, 0.05) is 11.5 Å². The first-order valence-corrected chi connectivity index (χ1v) is 5.40. The van der Waals surface area contributed by atoms with Crippen molar-refractivity contribution in [1.29, 1.82) is 0 Å². The van der Waals surface area contributed by atoms with Gasteiger partial charge in [-0.15, -0.1) is 0 Å². The highest BCUT2D eigenvalue weighted by atomic mass is 16.5. The maximum absolute atomic E-state index is 11.3. The average Bonchev–Trinajstić information content (AvgIpc) is 2.28. The first-order chi connectivity index (χ1) is 8.11. The zero-order valence-corrected chi connectivity index (χ0v) is 9.95. The summed E-state index contributed by atoms with van der Waals surface area (Å²) >= 11 is 0. The minimum atomic E-state index is -0.321. The molecule has 0 aliphatic heterocycles. The van der Waals surface area contributed by atoms with Crippen molar-refractivity contribution in [3.8, 4) is 5.75 Å². The predicted octanol–water partition coefficient (Wildman–Crippen LogP) is 2.97. The van der Waals surface area contributed by atoms with E-state index >= 15 is 0 Å². The molecule has 17 heavy (non-hydrogen) atoms. The van der Waals surface area contributed by atoms with Gasteiger partial charge in [0.2, 0.25) is 0 Å². The van der Waals surface area contributed by atoms with Gasteiger partial charge in [0.15, 0.2) is 0 Å². The lowest BCUT2D eigenvalue weighted by atomic mass is 10.1. The normalized spacial score (nSPS) is 10.5. The predicted molar refractivity (Wildman–Crippen MR) is 67.7 cm³/mol. The molecule has 0 N–H and O–H groups in total. The molecule has 0 fully saturated rings. The second kappa shape index (κ2) is 4.45. The Bertz CT molecular complexity index is 623. The van der Waals surface area contributed by atoms with Crippen molar-refractivity contribution >= 4 is 11.0 Å². The number of hydrogen-bond donors (Lipinski definition) is 0. The third-order valence-electron chi connectivity index (χ3n) is 2.58. The molecule has 1 aromatic carbocycles. The lowest BCUT2D eigenvalue weighted by molar-refractivity contribution is 0.363. The zero-order valence-electron chi connectivity index (χ0n) is 9.95. The quantitative estimate of drug-likeness (QED) is 0.601. The highest BCUT2D eigenvalue weighted by molar-refractivity contribution is 5.84. The van der Waals surface area contributed by atoms with Crippen LogP contribution in [0.2, 0.25) is 0 Å². The molecule has 0 unspecified atom stereocenters. The van der Waals surface area contributed by atoms with Crippen LogP contribution in [0, 0.1) is 13.8 Å². The molecule has 3 heteroatoms. The van der Waals surface area contributed by atoms with E-state index in [1.807, 2.05) is 26.0 Å². The Labute approximate surface area is 99.3 Å². The van der Waals surface area contributed by atoms with Crippen LogP contribution in [0.5, 0.6) is 5.75 Å².